The second-order valence-corrected chi connectivity index (χ2v) is 3.42. The van der Waals surface area contributed by atoms with Gasteiger partial charge in [0.15, 0.2) is 0 Å². The summed E-state index contributed by atoms with van der Waals surface area (Å²) in [7, 11) is 0. The molecule has 0 amide bonds. The van der Waals surface area contributed by atoms with Gasteiger partial charge in [0.1, 0.15) is 6.10 Å². The Kier molecular flexibility index (Phi) is 5.54. The largest absolute Gasteiger partial charge is 0.374 e. The standard InChI is InChI=1S/C12H14O2.C2H4/c1-2-10-3-5-11(6-4-10)7-13-8-12-9-14-12;1-2/h2-6,12H,1,7-9H2;1-2H2. The first-order chi connectivity index (χ1) is 7.88. The molecule has 1 aliphatic rings. The highest BCUT2D eigenvalue weighted by molar-refractivity contribution is 5.47. The highest BCUT2D eigenvalue weighted by atomic mass is 16.6. The smallest absolute Gasteiger partial charge is 0.104 e. The lowest BCUT2D eigenvalue weighted by Gasteiger charge is -2.02. The Hall–Kier alpha value is -1.38. The molecule has 2 nitrogen and oxygen atoms in total. The van der Waals surface area contributed by atoms with Crippen LogP contribution in [0, 0.1) is 0 Å². The average Bonchev–Trinajstić information content (AvgIpc) is 3.17. The molecule has 1 aliphatic heterocycles. The number of hydrogen-bond acceptors (Lipinski definition) is 2. The average molecular weight is 218 g/mol. The van der Waals surface area contributed by atoms with Gasteiger partial charge in [-0.2, -0.15) is 0 Å². The molecule has 86 valence electrons. The van der Waals surface area contributed by atoms with Gasteiger partial charge in [-0.25, -0.2) is 0 Å². The van der Waals surface area contributed by atoms with Crippen molar-refractivity contribution in [3.63, 3.8) is 0 Å². The van der Waals surface area contributed by atoms with Crippen LogP contribution in [0.5, 0.6) is 0 Å². The first kappa shape index (κ1) is 12.7. The summed E-state index contributed by atoms with van der Waals surface area (Å²) in [6.45, 7) is 11.9. The van der Waals surface area contributed by atoms with E-state index in [1.54, 1.807) is 0 Å². The molecule has 0 N–H and O–H groups in total. The SMILES string of the molecule is C=C.C=Cc1ccc(COCC2CO2)cc1. The third-order valence-electron chi connectivity index (χ3n) is 2.19. The Morgan fingerprint density at radius 3 is 2.44 bits per heavy atom. The van der Waals surface area contributed by atoms with E-state index in [1.165, 1.54) is 5.56 Å². The second-order valence-electron chi connectivity index (χ2n) is 3.42. The van der Waals surface area contributed by atoms with Crippen LogP contribution < -0.4 is 0 Å². The Balaban J connectivity index is 0.000000606. The van der Waals surface area contributed by atoms with Crippen molar-refractivity contribution < 1.29 is 9.47 Å². The summed E-state index contributed by atoms with van der Waals surface area (Å²) < 4.78 is 10.5. The summed E-state index contributed by atoms with van der Waals surface area (Å²) in [5, 5.41) is 0. The van der Waals surface area contributed by atoms with Crippen LogP contribution in [0.1, 0.15) is 11.1 Å². The van der Waals surface area contributed by atoms with Crippen LogP contribution in [0.15, 0.2) is 44.0 Å². The van der Waals surface area contributed by atoms with Gasteiger partial charge in [0.2, 0.25) is 0 Å². The van der Waals surface area contributed by atoms with Crippen LogP contribution >= 0.6 is 0 Å². The third kappa shape index (κ3) is 4.43. The van der Waals surface area contributed by atoms with Crippen molar-refractivity contribution in [3.8, 4) is 0 Å². The molecule has 1 saturated heterocycles. The van der Waals surface area contributed by atoms with Gasteiger partial charge < -0.3 is 9.47 Å². The highest BCUT2D eigenvalue weighted by Gasteiger charge is 2.21. The molecule has 0 bridgehead atoms. The topological polar surface area (TPSA) is 21.8 Å². The number of benzene rings is 1. The molecule has 1 fully saturated rings. The lowest BCUT2D eigenvalue weighted by molar-refractivity contribution is 0.104. The second kappa shape index (κ2) is 6.99. The summed E-state index contributed by atoms with van der Waals surface area (Å²) >= 11 is 0. The molecule has 0 saturated carbocycles. The van der Waals surface area contributed by atoms with Crippen LogP contribution in [0.4, 0.5) is 0 Å². The maximum atomic E-state index is 5.47. The van der Waals surface area contributed by atoms with Gasteiger partial charge in [0.05, 0.1) is 19.8 Å². The van der Waals surface area contributed by atoms with Gasteiger partial charge in [-0.05, 0) is 11.1 Å². The number of rotatable bonds is 5. The van der Waals surface area contributed by atoms with Crippen LogP contribution in [0.2, 0.25) is 0 Å². The molecule has 0 radical (unpaired) electrons. The lowest BCUT2D eigenvalue weighted by atomic mass is 10.1. The van der Waals surface area contributed by atoms with E-state index in [0.29, 0.717) is 19.3 Å². The molecule has 0 aromatic heterocycles. The van der Waals surface area contributed by atoms with Gasteiger partial charge >= 0.3 is 0 Å². The molecule has 16 heavy (non-hydrogen) atoms. The molecular formula is C14H18O2. The molecule has 0 aliphatic carbocycles. The van der Waals surface area contributed by atoms with Gasteiger partial charge in [0, 0.05) is 0 Å². The summed E-state index contributed by atoms with van der Waals surface area (Å²) in [5.41, 5.74) is 2.33. The lowest BCUT2D eigenvalue weighted by Crippen LogP contribution is -2.01. The number of ether oxygens (including phenoxy) is 2. The number of epoxide rings is 1. The minimum atomic E-state index is 0.349. The van der Waals surface area contributed by atoms with E-state index in [9.17, 15) is 0 Å². The first-order valence-electron chi connectivity index (χ1n) is 5.29. The normalized spacial score (nSPS) is 17.1. The van der Waals surface area contributed by atoms with Crippen LogP contribution in [-0.2, 0) is 16.1 Å². The van der Waals surface area contributed by atoms with Gasteiger partial charge in [-0.3, -0.25) is 0 Å². The molecule has 2 rings (SSSR count). The molecule has 1 heterocycles. The highest BCUT2D eigenvalue weighted by Crippen LogP contribution is 2.11. The van der Waals surface area contributed by atoms with Crippen molar-refractivity contribution in [1.29, 1.82) is 0 Å². The van der Waals surface area contributed by atoms with E-state index in [2.05, 4.69) is 31.9 Å². The van der Waals surface area contributed by atoms with Crippen molar-refractivity contribution in [3.05, 3.63) is 55.1 Å². The molecule has 1 aromatic rings. The molecule has 1 unspecified atom stereocenters. The summed E-state index contributed by atoms with van der Waals surface area (Å²) in [6, 6.07) is 8.20. The molecular weight excluding hydrogens is 200 g/mol. The molecule has 0 spiro atoms. The Morgan fingerprint density at radius 1 is 1.31 bits per heavy atom. The summed E-state index contributed by atoms with van der Waals surface area (Å²) in [6.07, 6.45) is 2.19. The maximum absolute atomic E-state index is 5.47. The molecule has 2 heteroatoms. The van der Waals surface area contributed by atoms with Crippen LogP contribution in [0.3, 0.4) is 0 Å². The predicted molar refractivity (Wildman–Crippen MR) is 67.2 cm³/mol. The van der Waals surface area contributed by atoms with E-state index in [-0.39, 0.29) is 0 Å². The zero-order valence-electron chi connectivity index (χ0n) is 9.52. The quantitative estimate of drug-likeness (QED) is 0.559. The van der Waals surface area contributed by atoms with Crippen molar-refractivity contribution in [2.24, 2.45) is 0 Å². The van der Waals surface area contributed by atoms with Crippen molar-refractivity contribution in [1.82, 2.24) is 0 Å². The first-order valence-corrected chi connectivity index (χ1v) is 5.29. The maximum Gasteiger partial charge on any atom is 0.104 e. The van der Waals surface area contributed by atoms with Gasteiger partial charge in [-0.15, -0.1) is 13.2 Å². The fourth-order valence-corrected chi connectivity index (χ4v) is 1.22. The molecule has 1 atom stereocenters. The zero-order chi connectivity index (χ0) is 11.8. The van der Waals surface area contributed by atoms with Crippen molar-refractivity contribution in [2.75, 3.05) is 13.2 Å². The van der Waals surface area contributed by atoms with E-state index in [4.69, 9.17) is 9.47 Å². The van der Waals surface area contributed by atoms with Gasteiger partial charge in [-0.1, -0.05) is 36.9 Å². The van der Waals surface area contributed by atoms with E-state index in [0.717, 1.165) is 12.2 Å². The zero-order valence-corrected chi connectivity index (χ0v) is 9.52. The Bertz CT molecular complexity index is 312. The summed E-state index contributed by atoms with van der Waals surface area (Å²) in [5.74, 6) is 0. The minimum absolute atomic E-state index is 0.349. The van der Waals surface area contributed by atoms with Crippen molar-refractivity contribution in [2.45, 2.75) is 12.7 Å². The Morgan fingerprint density at radius 2 is 1.94 bits per heavy atom. The van der Waals surface area contributed by atoms with Crippen molar-refractivity contribution >= 4 is 6.08 Å². The molecule has 1 aromatic carbocycles. The fraction of sp³-hybridized carbons (Fsp3) is 0.286. The number of hydrogen-bond donors (Lipinski definition) is 0. The minimum Gasteiger partial charge on any atom is -0.374 e. The fourth-order valence-electron chi connectivity index (χ4n) is 1.22. The van der Waals surface area contributed by atoms with E-state index in [1.807, 2.05) is 18.2 Å². The Labute approximate surface area is 97.2 Å². The van der Waals surface area contributed by atoms with Gasteiger partial charge in [0.25, 0.3) is 0 Å². The van der Waals surface area contributed by atoms with E-state index >= 15 is 0 Å². The van der Waals surface area contributed by atoms with Crippen LogP contribution in [-0.4, -0.2) is 19.3 Å². The third-order valence-corrected chi connectivity index (χ3v) is 2.19. The predicted octanol–water partition coefficient (Wildman–Crippen LogP) is 3.05. The monoisotopic (exact) mass is 218 g/mol. The van der Waals surface area contributed by atoms with E-state index < -0.39 is 0 Å². The van der Waals surface area contributed by atoms with Crippen LogP contribution in [0.25, 0.3) is 6.08 Å². The summed E-state index contributed by atoms with van der Waals surface area (Å²) in [4.78, 5) is 0.